The summed E-state index contributed by atoms with van der Waals surface area (Å²) in [5.41, 5.74) is 8.53. The summed E-state index contributed by atoms with van der Waals surface area (Å²) >= 11 is 0. The topological polar surface area (TPSA) is 0 Å². The molecule has 0 aromatic heterocycles. The molecule has 1 aromatic carbocycles. The number of hydrogen-bond donors (Lipinski definition) is 0. The maximum absolute atomic E-state index is 2.50. The third-order valence-corrected chi connectivity index (χ3v) is 8.25. The lowest BCUT2D eigenvalue weighted by atomic mass is 9.67. The van der Waals surface area contributed by atoms with E-state index in [1.165, 1.54) is 33.4 Å². The largest absolute Gasteiger partial charge is 0.0839 e. The zero-order chi connectivity index (χ0) is 23.7. The van der Waals surface area contributed by atoms with Crippen LogP contribution in [0.5, 0.6) is 0 Å². The highest BCUT2D eigenvalue weighted by atomic mass is 14.4. The quantitative estimate of drug-likeness (QED) is 0.415. The van der Waals surface area contributed by atoms with Crippen LogP contribution in [-0.4, -0.2) is 0 Å². The lowest BCUT2D eigenvalue weighted by Crippen LogP contribution is -2.27. The zero-order valence-corrected chi connectivity index (χ0v) is 21.7. The molecule has 0 heteroatoms. The molecule has 4 rings (SSSR count). The first-order valence-electron chi connectivity index (χ1n) is 12.9. The van der Waals surface area contributed by atoms with Gasteiger partial charge in [0.25, 0.3) is 0 Å². The van der Waals surface area contributed by atoms with E-state index < -0.39 is 0 Å². The highest BCUT2D eigenvalue weighted by Gasteiger charge is 2.33. The van der Waals surface area contributed by atoms with E-state index in [9.17, 15) is 0 Å². The summed E-state index contributed by atoms with van der Waals surface area (Å²) in [6, 6.07) is 7.49. The Bertz CT molecular complexity index is 923. The summed E-state index contributed by atoms with van der Waals surface area (Å²) in [6.45, 7) is 14.4. The molecule has 0 atom stereocenters. The van der Waals surface area contributed by atoms with Crippen LogP contribution in [0, 0.1) is 0 Å². The average molecular weight is 439 g/mol. The van der Waals surface area contributed by atoms with Crippen LogP contribution in [0.25, 0.3) is 0 Å². The minimum atomic E-state index is -0.0264. The monoisotopic (exact) mass is 438 g/mol. The number of hydrogen-bond acceptors (Lipinski definition) is 0. The molecule has 0 unspecified atom stereocenters. The molecule has 0 aliphatic heterocycles. The first kappa shape index (κ1) is 23.8. The molecule has 0 fully saturated rings. The predicted molar refractivity (Wildman–Crippen MR) is 145 cm³/mol. The zero-order valence-electron chi connectivity index (χ0n) is 21.7. The van der Waals surface area contributed by atoms with Gasteiger partial charge < -0.3 is 0 Å². The van der Waals surface area contributed by atoms with Gasteiger partial charge in [0.05, 0.1) is 0 Å². The predicted octanol–water partition coefficient (Wildman–Crippen LogP) is 9.35. The molecule has 0 spiro atoms. The smallest absolute Gasteiger partial charge is 0.0143 e. The van der Waals surface area contributed by atoms with Crippen molar-refractivity contribution in [1.82, 2.24) is 0 Å². The Balaban J connectivity index is 1.88. The van der Waals surface area contributed by atoms with Gasteiger partial charge in [-0.1, -0.05) is 114 Å². The Labute approximate surface area is 202 Å². The first-order chi connectivity index (χ1) is 15.6. The van der Waals surface area contributed by atoms with Gasteiger partial charge in [0.2, 0.25) is 0 Å². The van der Waals surface area contributed by atoms with Gasteiger partial charge in [0, 0.05) is 16.2 Å². The number of rotatable bonds is 6. The first-order valence-corrected chi connectivity index (χ1v) is 12.9. The highest BCUT2D eigenvalue weighted by Crippen LogP contribution is 2.43. The maximum atomic E-state index is 2.50. The van der Waals surface area contributed by atoms with Crippen molar-refractivity contribution in [3.8, 4) is 0 Å². The number of benzene rings is 1. The van der Waals surface area contributed by atoms with Crippen molar-refractivity contribution in [2.75, 3.05) is 0 Å². The third kappa shape index (κ3) is 4.68. The van der Waals surface area contributed by atoms with Gasteiger partial charge in [-0.25, -0.2) is 0 Å². The van der Waals surface area contributed by atoms with Crippen LogP contribution in [0.4, 0.5) is 0 Å². The van der Waals surface area contributed by atoms with E-state index >= 15 is 0 Å². The number of allylic oxidation sites excluding steroid dienone is 12. The van der Waals surface area contributed by atoms with Crippen LogP contribution < -0.4 is 0 Å². The fourth-order valence-corrected chi connectivity index (χ4v) is 5.44. The molecule has 3 aliphatic rings. The van der Waals surface area contributed by atoms with E-state index in [-0.39, 0.29) is 16.2 Å². The van der Waals surface area contributed by atoms with Crippen molar-refractivity contribution in [2.45, 2.75) is 96.3 Å². The maximum Gasteiger partial charge on any atom is 0.0143 e. The molecular weight excluding hydrogens is 396 g/mol. The van der Waals surface area contributed by atoms with Crippen molar-refractivity contribution in [3.05, 3.63) is 106 Å². The van der Waals surface area contributed by atoms with Crippen molar-refractivity contribution in [1.29, 1.82) is 0 Å². The van der Waals surface area contributed by atoms with E-state index in [0.717, 1.165) is 38.5 Å². The molecule has 0 saturated heterocycles. The summed E-state index contributed by atoms with van der Waals surface area (Å²) in [7, 11) is 0. The summed E-state index contributed by atoms with van der Waals surface area (Å²) in [4.78, 5) is 0. The molecule has 0 nitrogen and oxygen atoms in total. The normalized spacial score (nSPS) is 19.3. The molecule has 3 aliphatic carbocycles. The molecule has 0 radical (unpaired) electrons. The van der Waals surface area contributed by atoms with E-state index in [1.807, 2.05) is 0 Å². The van der Waals surface area contributed by atoms with E-state index in [1.54, 1.807) is 0 Å². The fraction of sp³-hybridized carbons (Fsp3) is 0.455. The molecular formula is C33H42. The van der Waals surface area contributed by atoms with E-state index in [0.29, 0.717) is 0 Å². The van der Waals surface area contributed by atoms with Crippen LogP contribution >= 0.6 is 0 Å². The second kappa shape index (κ2) is 9.13. The van der Waals surface area contributed by atoms with E-state index in [2.05, 4.69) is 114 Å². The van der Waals surface area contributed by atoms with Crippen molar-refractivity contribution in [2.24, 2.45) is 0 Å². The Morgan fingerprint density at radius 2 is 0.697 bits per heavy atom. The fourth-order valence-electron chi connectivity index (χ4n) is 5.44. The Morgan fingerprint density at radius 1 is 0.424 bits per heavy atom. The lowest BCUT2D eigenvalue weighted by Gasteiger charge is -2.36. The lowest BCUT2D eigenvalue weighted by molar-refractivity contribution is 0.588. The Hall–Kier alpha value is -2.34. The molecule has 0 saturated carbocycles. The van der Waals surface area contributed by atoms with Gasteiger partial charge >= 0.3 is 0 Å². The van der Waals surface area contributed by atoms with Gasteiger partial charge in [-0.15, -0.1) is 0 Å². The molecule has 174 valence electrons. The molecule has 0 heterocycles. The highest BCUT2D eigenvalue weighted by molar-refractivity contribution is 5.53. The van der Waals surface area contributed by atoms with Crippen LogP contribution in [0.3, 0.4) is 0 Å². The van der Waals surface area contributed by atoms with Crippen LogP contribution in [0.2, 0.25) is 0 Å². The second-order valence-corrected chi connectivity index (χ2v) is 11.6. The van der Waals surface area contributed by atoms with Gasteiger partial charge in [-0.05, 0) is 71.9 Å². The van der Waals surface area contributed by atoms with Crippen LogP contribution in [-0.2, 0) is 16.2 Å². The molecule has 33 heavy (non-hydrogen) atoms. The summed E-state index contributed by atoms with van der Waals surface area (Å²) in [5, 5.41) is 0. The Morgan fingerprint density at radius 3 is 0.909 bits per heavy atom. The van der Waals surface area contributed by atoms with Gasteiger partial charge in [-0.3, -0.25) is 0 Å². The Kier molecular flexibility index (Phi) is 6.59. The third-order valence-electron chi connectivity index (χ3n) is 8.25. The second-order valence-electron chi connectivity index (χ2n) is 11.6. The van der Waals surface area contributed by atoms with Gasteiger partial charge in [-0.2, -0.15) is 0 Å². The molecule has 0 bridgehead atoms. The van der Waals surface area contributed by atoms with Crippen LogP contribution in [0.1, 0.15) is 96.8 Å². The SMILES string of the molecule is CC(C)(C1=CCCC=C1)c1cc(C(C)(C)C2=CCCC=C2)cc(C(C)(C)C2=CCCC=C2)c1. The summed E-state index contributed by atoms with van der Waals surface area (Å²) < 4.78 is 0. The molecule has 0 amide bonds. The molecule has 1 aromatic rings. The van der Waals surface area contributed by atoms with Crippen molar-refractivity contribution < 1.29 is 0 Å². The minimum absolute atomic E-state index is 0.0264. The average Bonchev–Trinajstić information content (AvgIpc) is 2.85. The molecule has 0 N–H and O–H groups in total. The standard InChI is InChI=1S/C33H42/c1-31(2,25-16-10-7-11-17-25)28-22-29(32(3,4)26-18-12-8-13-19-26)24-30(23-28)33(5,6)27-20-14-9-15-21-27/h10,12,14,16-24H,7-9,11,13,15H2,1-6H3. The van der Waals surface area contributed by atoms with Gasteiger partial charge in [0.1, 0.15) is 0 Å². The van der Waals surface area contributed by atoms with Crippen LogP contribution in [0.15, 0.2) is 89.6 Å². The van der Waals surface area contributed by atoms with Gasteiger partial charge in [0.15, 0.2) is 0 Å². The van der Waals surface area contributed by atoms with Crippen molar-refractivity contribution in [3.63, 3.8) is 0 Å². The summed E-state index contributed by atoms with van der Waals surface area (Å²) in [5.74, 6) is 0. The van der Waals surface area contributed by atoms with Crippen molar-refractivity contribution >= 4 is 0 Å². The summed E-state index contributed by atoms with van der Waals surface area (Å²) in [6.07, 6.45) is 28.3. The van der Waals surface area contributed by atoms with E-state index in [4.69, 9.17) is 0 Å². The minimum Gasteiger partial charge on any atom is -0.0839 e.